The molecule has 2 aromatic rings. The molecule has 1 aliphatic heterocycles. The second kappa shape index (κ2) is 9.39. The molecule has 0 N–H and O–H groups in total. The summed E-state index contributed by atoms with van der Waals surface area (Å²) in [6, 6.07) is 8.91. The molecule has 1 aliphatic rings. The van der Waals surface area contributed by atoms with E-state index < -0.39 is 0 Å². The Morgan fingerprint density at radius 1 is 0.964 bits per heavy atom. The number of rotatable bonds is 7. The minimum absolute atomic E-state index is 0.0925. The Morgan fingerprint density at radius 2 is 1.64 bits per heavy atom. The van der Waals surface area contributed by atoms with Crippen molar-refractivity contribution in [3.63, 3.8) is 0 Å². The molecule has 2 aromatic carbocycles. The van der Waals surface area contributed by atoms with Crippen molar-refractivity contribution in [3.05, 3.63) is 51.5 Å². The molecule has 0 aliphatic carbocycles. The molecule has 0 fully saturated rings. The molecule has 150 valence electrons. The van der Waals surface area contributed by atoms with Gasteiger partial charge >= 0.3 is 0 Å². The zero-order valence-electron chi connectivity index (χ0n) is 16.0. The Bertz CT molecular complexity index is 857. The van der Waals surface area contributed by atoms with Crippen molar-refractivity contribution < 1.29 is 19.0 Å². The van der Waals surface area contributed by atoms with Gasteiger partial charge in [-0.05, 0) is 55.7 Å². The Morgan fingerprint density at radius 3 is 2.32 bits per heavy atom. The minimum Gasteiger partial charge on any atom is -0.490 e. The monoisotopic (exact) mass is 423 g/mol. The molecule has 0 atom stereocenters. The summed E-state index contributed by atoms with van der Waals surface area (Å²) in [6.07, 6.45) is 0.755. The molecule has 0 aromatic heterocycles. The number of amides is 1. The highest BCUT2D eigenvalue weighted by atomic mass is 35.5. The number of hydrogen-bond acceptors (Lipinski definition) is 4. The smallest absolute Gasteiger partial charge is 0.260 e. The number of carbonyl (C=O) groups is 1. The Balaban J connectivity index is 1.69. The first-order valence-corrected chi connectivity index (χ1v) is 10.0. The number of carbonyl (C=O) groups excluding carboxylic acids is 1. The number of ether oxygens (including phenoxy) is 3. The van der Waals surface area contributed by atoms with Crippen molar-refractivity contribution in [2.24, 2.45) is 0 Å². The van der Waals surface area contributed by atoms with E-state index >= 15 is 0 Å². The molecule has 0 saturated heterocycles. The van der Waals surface area contributed by atoms with Crippen molar-refractivity contribution >= 4 is 29.1 Å². The molecule has 28 heavy (non-hydrogen) atoms. The maximum atomic E-state index is 12.6. The first-order chi connectivity index (χ1) is 13.5. The van der Waals surface area contributed by atoms with E-state index in [0.717, 1.165) is 17.7 Å². The highest BCUT2D eigenvalue weighted by Gasteiger charge is 2.23. The summed E-state index contributed by atoms with van der Waals surface area (Å²) < 4.78 is 17.0. The van der Waals surface area contributed by atoms with Gasteiger partial charge in [0.1, 0.15) is 5.75 Å². The van der Waals surface area contributed by atoms with Crippen LogP contribution in [0.5, 0.6) is 17.2 Å². The van der Waals surface area contributed by atoms with Crippen molar-refractivity contribution in [2.45, 2.75) is 26.8 Å². The molecule has 0 spiro atoms. The van der Waals surface area contributed by atoms with E-state index in [0.29, 0.717) is 47.8 Å². The SMILES string of the molecule is CCOc1cc2c(cc1OCC)CN(C(=O)COc1cc(Cl)ccc1Cl)CC2. The highest BCUT2D eigenvalue weighted by molar-refractivity contribution is 6.34. The average Bonchev–Trinajstić information content (AvgIpc) is 2.69. The lowest BCUT2D eigenvalue weighted by atomic mass is 9.98. The molecule has 1 amide bonds. The quantitative estimate of drug-likeness (QED) is 0.644. The van der Waals surface area contributed by atoms with Gasteiger partial charge in [0, 0.05) is 24.2 Å². The van der Waals surface area contributed by atoms with Crippen LogP contribution < -0.4 is 14.2 Å². The summed E-state index contributed by atoms with van der Waals surface area (Å²) in [6.45, 7) is 6.05. The fraction of sp³-hybridized carbons (Fsp3) is 0.381. The average molecular weight is 424 g/mol. The van der Waals surface area contributed by atoms with E-state index in [4.69, 9.17) is 37.4 Å². The molecule has 1 heterocycles. The maximum Gasteiger partial charge on any atom is 0.260 e. The van der Waals surface area contributed by atoms with Gasteiger partial charge in [-0.3, -0.25) is 4.79 Å². The number of benzene rings is 2. The number of nitrogens with zero attached hydrogens (tertiary/aromatic N) is 1. The predicted molar refractivity (Wildman–Crippen MR) is 110 cm³/mol. The van der Waals surface area contributed by atoms with E-state index in [9.17, 15) is 4.79 Å². The molecule has 7 heteroatoms. The zero-order chi connectivity index (χ0) is 20.1. The summed E-state index contributed by atoms with van der Waals surface area (Å²) in [5, 5.41) is 0.929. The third-order valence-corrected chi connectivity index (χ3v) is 5.02. The Labute approximate surface area is 175 Å². The van der Waals surface area contributed by atoms with E-state index in [2.05, 4.69) is 0 Å². The third kappa shape index (κ3) is 4.83. The summed E-state index contributed by atoms with van der Waals surface area (Å²) in [4.78, 5) is 14.4. The molecular formula is C21H23Cl2NO4. The largest absolute Gasteiger partial charge is 0.490 e. The van der Waals surface area contributed by atoms with Gasteiger partial charge in [-0.2, -0.15) is 0 Å². The number of fused-ring (bicyclic) bond motifs is 1. The zero-order valence-corrected chi connectivity index (χ0v) is 17.5. The van der Waals surface area contributed by atoms with Crippen molar-refractivity contribution in [1.82, 2.24) is 4.90 Å². The van der Waals surface area contributed by atoms with Gasteiger partial charge in [0.2, 0.25) is 0 Å². The minimum atomic E-state index is -0.103. The van der Waals surface area contributed by atoms with Gasteiger partial charge in [-0.15, -0.1) is 0 Å². The molecule has 0 radical (unpaired) electrons. The van der Waals surface area contributed by atoms with Crippen LogP contribution in [0, 0.1) is 0 Å². The Hall–Kier alpha value is -2.11. The van der Waals surface area contributed by atoms with E-state index in [1.54, 1.807) is 23.1 Å². The third-order valence-electron chi connectivity index (χ3n) is 4.48. The van der Waals surface area contributed by atoms with Gasteiger partial charge in [-0.25, -0.2) is 0 Å². The molecule has 0 unspecified atom stereocenters. The molecule has 0 bridgehead atoms. The van der Waals surface area contributed by atoms with Crippen LogP contribution in [0.1, 0.15) is 25.0 Å². The van der Waals surface area contributed by atoms with Crippen molar-refractivity contribution in [3.8, 4) is 17.2 Å². The van der Waals surface area contributed by atoms with Gasteiger partial charge in [0.25, 0.3) is 5.91 Å². The van der Waals surface area contributed by atoms with Crippen LogP contribution in [-0.4, -0.2) is 37.2 Å². The van der Waals surface area contributed by atoms with Crippen LogP contribution in [0.3, 0.4) is 0 Å². The molecule has 3 rings (SSSR count). The summed E-state index contributed by atoms with van der Waals surface area (Å²) in [7, 11) is 0. The van der Waals surface area contributed by atoms with E-state index in [-0.39, 0.29) is 12.5 Å². The van der Waals surface area contributed by atoms with E-state index in [1.807, 2.05) is 26.0 Å². The lowest BCUT2D eigenvalue weighted by Gasteiger charge is -2.30. The standard InChI is InChI=1S/C21H23Cl2NO4/c1-3-26-19-9-14-7-8-24(12-15(14)10-20(19)27-4-2)21(25)13-28-18-11-16(22)5-6-17(18)23/h5-6,9-11H,3-4,7-8,12-13H2,1-2H3. The van der Waals surface area contributed by atoms with Crippen LogP contribution in [0.15, 0.2) is 30.3 Å². The maximum absolute atomic E-state index is 12.6. The number of hydrogen-bond donors (Lipinski definition) is 0. The van der Waals surface area contributed by atoms with E-state index in [1.165, 1.54) is 5.56 Å². The first kappa shape index (κ1) is 20.6. The lowest BCUT2D eigenvalue weighted by Crippen LogP contribution is -2.38. The van der Waals surface area contributed by atoms with Gasteiger partial charge in [0.15, 0.2) is 18.1 Å². The van der Waals surface area contributed by atoms with Crippen LogP contribution >= 0.6 is 23.2 Å². The van der Waals surface area contributed by atoms with Crippen LogP contribution in [0.4, 0.5) is 0 Å². The lowest BCUT2D eigenvalue weighted by molar-refractivity contribution is -0.134. The molecular weight excluding hydrogens is 401 g/mol. The second-order valence-electron chi connectivity index (χ2n) is 6.36. The second-order valence-corrected chi connectivity index (χ2v) is 7.21. The fourth-order valence-electron chi connectivity index (χ4n) is 3.13. The van der Waals surface area contributed by atoms with Crippen LogP contribution in [-0.2, 0) is 17.8 Å². The van der Waals surface area contributed by atoms with Gasteiger partial charge in [0.05, 0.1) is 18.2 Å². The predicted octanol–water partition coefficient (Wildman–Crippen LogP) is 4.75. The fourth-order valence-corrected chi connectivity index (χ4v) is 3.47. The number of halogens is 2. The summed E-state index contributed by atoms with van der Waals surface area (Å²) in [5.74, 6) is 1.76. The van der Waals surface area contributed by atoms with Crippen molar-refractivity contribution in [2.75, 3.05) is 26.4 Å². The first-order valence-electron chi connectivity index (χ1n) is 9.28. The van der Waals surface area contributed by atoms with Crippen molar-refractivity contribution in [1.29, 1.82) is 0 Å². The summed E-state index contributed by atoms with van der Waals surface area (Å²) >= 11 is 12.0. The topological polar surface area (TPSA) is 48.0 Å². The van der Waals surface area contributed by atoms with Gasteiger partial charge in [-0.1, -0.05) is 23.2 Å². The highest BCUT2D eigenvalue weighted by Crippen LogP contribution is 2.34. The van der Waals surface area contributed by atoms with Gasteiger partial charge < -0.3 is 19.1 Å². The van der Waals surface area contributed by atoms with Crippen LogP contribution in [0.2, 0.25) is 10.0 Å². The summed E-state index contributed by atoms with van der Waals surface area (Å²) in [5.41, 5.74) is 2.24. The van der Waals surface area contributed by atoms with Crippen LogP contribution in [0.25, 0.3) is 0 Å². The Kier molecular flexibility index (Phi) is 6.92. The normalized spacial score (nSPS) is 13.1. The molecule has 5 nitrogen and oxygen atoms in total. The molecule has 0 saturated carbocycles.